The molecule has 1 saturated heterocycles. The van der Waals surface area contributed by atoms with Crippen LogP contribution in [0.25, 0.3) is 22.1 Å². The van der Waals surface area contributed by atoms with E-state index in [0.717, 1.165) is 30.8 Å². The Balaban J connectivity index is 1.32. The van der Waals surface area contributed by atoms with Crippen LogP contribution in [0.2, 0.25) is 10.0 Å². The minimum Gasteiger partial charge on any atom is -0.478 e. The molecule has 3 heterocycles. The first-order valence-corrected chi connectivity index (χ1v) is 13.7. The first-order chi connectivity index (χ1) is 18.8. The second kappa shape index (κ2) is 11.8. The lowest BCUT2D eigenvalue weighted by molar-refractivity contribution is 0.0946. The van der Waals surface area contributed by atoms with Gasteiger partial charge in [0.15, 0.2) is 11.4 Å². The summed E-state index contributed by atoms with van der Waals surface area (Å²) in [5.74, 6) is -0.401. The maximum atomic E-state index is 14.1. The van der Waals surface area contributed by atoms with Gasteiger partial charge in [-0.15, -0.1) is 0 Å². The van der Waals surface area contributed by atoms with Crippen LogP contribution in [0.15, 0.2) is 53.3 Å². The zero-order valence-corrected chi connectivity index (χ0v) is 23.0. The van der Waals surface area contributed by atoms with E-state index >= 15 is 0 Å². The Morgan fingerprint density at radius 3 is 2.67 bits per heavy atom. The first-order valence-electron chi connectivity index (χ1n) is 12.9. The van der Waals surface area contributed by atoms with Crippen molar-refractivity contribution in [2.75, 3.05) is 31.9 Å². The molecule has 1 atom stereocenters. The second-order valence-electron chi connectivity index (χ2n) is 9.62. The highest BCUT2D eigenvalue weighted by molar-refractivity contribution is 6.36. The largest absolute Gasteiger partial charge is 0.478 e. The Morgan fingerprint density at radius 1 is 1.18 bits per heavy atom. The van der Waals surface area contributed by atoms with E-state index < -0.39 is 11.9 Å². The normalized spacial score (nSPS) is 14.9. The quantitative estimate of drug-likeness (QED) is 0.224. The first kappa shape index (κ1) is 27.2. The fraction of sp³-hybridized carbons (Fsp3) is 0.310. The molecule has 1 fully saturated rings. The summed E-state index contributed by atoms with van der Waals surface area (Å²) in [6, 6.07) is 9.89. The van der Waals surface area contributed by atoms with Crippen LogP contribution >= 0.6 is 23.2 Å². The van der Waals surface area contributed by atoms with Gasteiger partial charge in [-0.2, -0.15) is 0 Å². The minimum atomic E-state index is -0.739. The Hall–Kier alpha value is -3.33. The number of nitrogens with one attached hydrogen (secondary N) is 1. The van der Waals surface area contributed by atoms with Crippen molar-refractivity contribution in [2.24, 2.45) is 0 Å². The molecule has 1 amide bonds. The Bertz CT molecular complexity index is 1490. The summed E-state index contributed by atoms with van der Waals surface area (Å²) < 4.78 is 26.0. The Kier molecular flexibility index (Phi) is 8.26. The minimum absolute atomic E-state index is 0.107. The van der Waals surface area contributed by atoms with Crippen molar-refractivity contribution in [1.82, 2.24) is 15.2 Å². The molecule has 39 heavy (non-hydrogen) atoms. The van der Waals surface area contributed by atoms with E-state index in [2.05, 4.69) is 15.2 Å². The van der Waals surface area contributed by atoms with Crippen molar-refractivity contribution in [3.8, 4) is 16.9 Å². The summed E-state index contributed by atoms with van der Waals surface area (Å²) in [4.78, 5) is 19.3. The van der Waals surface area contributed by atoms with Gasteiger partial charge in [0.1, 0.15) is 11.9 Å². The van der Waals surface area contributed by atoms with Crippen LogP contribution < -0.4 is 15.8 Å². The highest BCUT2D eigenvalue weighted by atomic mass is 35.5. The second-order valence-corrected chi connectivity index (χ2v) is 10.4. The Morgan fingerprint density at radius 2 is 1.92 bits per heavy atom. The molecule has 10 heteroatoms. The number of nitrogens with two attached hydrogens (primary N) is 1. The van der Waals surface area contributed by atoms with E-state index in [9.17, 15) is 9.18 Å². The van der Waals surface area contributed by atoms with Gasteiger partial charge in [-0.3, -0.25) is 4.79 Å². The van der Waals surface area contributed by atoms with Crippen molar-refractivity contribution >= 4 is 45.9 Å². The number of likely N-dealkylation sites (tertiary alicyclic amines) is 1. The summed E-state index contributed by atoms with van der Waals surface area (Å²) in [5.41, 5.74) is 8.97. The van der Waals surface area contributed by atoms with Crippen molar-refractivity contribution in [3.05, 3.63) is 75.8 Å². The molecule has 1 aliphatic heterocycles. The number of piperidine rings is 1. The molecule has 5 rings (SSSR count). The number of carbonyl (C=O) groups excluding carboxylic acids is 1. The highest BCUT2D eigenvalue weighted by Gasteiger charge is 2.23. The average molecular weight is 571 g/mol. The van der Waals surface area contributed by atoms with Crippen molar-refractivity contribution in [2.45, 2.75) is 32.3 Å². The van der Waals surface area contributed by atoms with Gasteiger partial charge in [0.25, 0.3) is 5.91 Å². The monoisotopic (exact) mass is 570 g/mol. The van der Waals surface area contributed by atoms with E-state index in [-0.39, 0.29) is 27.5 Å². The van der Waals surface area contributed by atoms with E-state index in [1.165, 1.54) is 31.4 Å². The number of amides is 1. The molecule has 0 saturated carbocycles. The third kappa shape index (κ3) is 5.83. The van der Waals surface area contributed by atoms with Gasteiger partial charge in [-0.05, 0) is 62.7 Å². The molecule has 4 aromatic rings. The Labute approximate surface area is 236 Å². The van der Waals surface area contributed by atoms with Crippen molar-refractivity contribution in [3.63, 3.8) is 0 Å². The topological polar surface area (TPSA) is 93.6 Å². The summed E-state index contributed by atoms with van der Waals surface area (Å²) >= 11 is 12.4. The molecular weight excluding hydrogens is 542 g/mol. The summed E-state index contributed by atoms with van der Waals surface area (Å²) in [5, 5.41) is 3.82. The average Bonchev–Trinajstić information content (AvgIpc) is 3.37. The van der Waals surface area contributed by atoms with Crippen LogP contribution in [-0.2, 0) is 0 Å². The predicted molar refractivity (Wildman–Crippen MR) is 152 cm³/mol. The molecule has 0 spiro atoms. The number of nitrogens with zero attached hydrogens (tertiary/aromatic N) is 2. The lowest BCUT2D eigenvalue weighted by Crippen LogP contribution is -2.37. The van der Waals surface area contributed by atoms with Crippen LogP contribution in [0.5, 0.6) is 5.75 Å². The van der Waals surface area contributed by atoms with E-state index in [1.54, 1.807) is 31.5 Å². The third-order valence-corrected chi connectivity index (χ3v) is 7.72. The number of furan rings is 1. The zero-order valence-electron chi connectivity index (χ0n) is 21.5. The van der Waals surface area contributed by atoms with E-state index in [0.29, 0.717) is 28.6 Å². The van der Waals surface area contributed by atoms with Crippen LogP contribution in [0.1, 0.15) is 48.2 Å². The number of benzene rings is 2. The summed E-state index contributed by atoms with van der Waals surface area (Å²) in [7, 11) is 0. The lowest BCUT2D eigenvalue weighted by Gasteiger charge is -2.26. The molecule has 204 valence electrons. The fourth-order valence-electron chi connectivity index (χ4n) is 4.88. The number of pyridine rings is 1. The molecule has 2 aromatic heterocycles. The number of rotatable bonds is 8. The number of aromatic nitrogens is 1. The number of ether oxygens (including phenoxy) is 1. The number of fused-ring (bicyclic) bond motifs is 1. The SMILES string of the molecule is C[C@@H](Oc1c(N)ncc2c(-c3ccc(C(=O)NCCN4CCCCC4)cc3)coc12)c1c(Cl)ccc(F)c1Cl. The van der Waals surface area contributed by atoms with Crippen molar-refractivity contribution < 1.29 is 18.3 Å². The van der Waals surface area contributed by atoms with Crippen LogP contribution in [-0.4, -0.2) is 42.0 Å². The molecule has 2 aromatic carbocycles. The number of anilines is 1. The summed E-state index contributed by atoms with van der Waals surface area (Å²) in [6.07, 6.45) is 6.18. The van der Waals surface area contributed by atoms with Crippen LogP contribution in [0, 0.1) is 5.82 Å². The van der Waals surface area contributed by atoms with Gasteiger partial charge >= 0.3 is 0 Å². The van der Waals surface area contributed by atoms with Gasteiger partial charge < -0.3 is 25.1 Å². The van der Waals surface area contributed by atoms with E-state index in [1.807, 2.05) is 12.1 Å². The molecular formula is C29H29Cl2FN4O3. The number of hydrogen-bond acceptors (Lipinski definition) is 6. The smallest absolute Gasteiger partial charge is 0.251 e. The van der Waals surface area contributed by atoms with Crippen LogP contribution in [0.3, 0.4) is 0 Å². The molecule has 0 aliphatic carbocycles. The van der Waals surface area contributed by atoms with Crippen molar-refractivity contribution in [1.29, 1.82) is 0 Å². The molecule has 0 bridgehead atoms. The number of nitrogen functional groups attached to an aromatic ring is 1. The lowest BCUT2D eigenvalue weighted by atomic mass is 10.0. The fourth-order valence-corrected chi connectivity index (χ4v) is 5.56. The van der Waals surface area contributed by atoms with Gasteiger partial charge in [0.05, 0.1) is 16.7 Å². The number of carbonyl (C=O) groups is 1. The number of halogens is 3. The number of hydrogen-bond donors (Lipinski definition) is 2. The molecule has 1 aliphatic rings. The third-order valence-electron chi connectivity index (χ3n) is 7.00. The standard InChI is InChI=1S/C29H29Cl2FN4O3/c1-17(24-22(30)9-10-23(32)25(24)31)39-27-26-20(15-35-28(27)33)21(16-38-26)18-5-7-19(8-6-18)29(37)34-11-14-36-12-3-2-4-13-36/h5-10,15-17H,2-4,11-14H2,1H3,(H2,33,35)(H,34,37)/t17-/m1/s1. The summed E-state index contributed by atoms with van der Waals surface area (Å²) in [6.45, 7) is 5.36. The van der Waals surface area contributed by atoms with Gasteiger partial charge in [-0.1, -0.05) is 41.8 Å². The molecule has 0 radical (unpaired) electrons. The van der Waals surface area contributed by atoms with Gasteiger partial charge in [0.2, 0.25) is 5.75 Å². The van der Waals surface area contributed by atoms with Gasteiger partial charge in [0, 0.05) is 41.0 Å². The highest BCUT2D eigenvalue weighted by Crippen LogP contribution is 2.41. The molecule has 3 N–H and O–H groups in total. The maximum Gasteiger partial charge on any atom is 0.251 e. The zero-order chi connectivity index (χ0) is 27.5. The maximum absolute atomic E-state index is 14.1. The van der Waals surface area contributed by atoms with Gasteiger partial charge in [-0.25, -0.2) is 9.37 Å². The predicted octanol–water partition coefficient (Wildman–Crippen LogP) is 6.88. The van der Waals surface area contributed by atoms with Crippen LogP contribution in [0.4, 0.5) is 10.2 Å². The molecule has 7 nitrogen and oxygen atoms in total. The van der Waals surface area contributed by atoms with E-state index in [4.69, 9.17) is 38.1 Å². The molecule has 0 unspecified atom stereocenters.